The molecule has 7 nitrogen and oxygen atoms in total. The van der Waals surface area contributed by atoms with Crippen molar-refractivity contribution < 1.29 is 29.0 Å². The Kier molecular flexibility index (Phi) is 7.30. The van der Waals surface area contributed by atoms with Crippen LogP contribution in [0.2, 0.25) is 0 Å². The number of carbonyl (C=O) groups is 3. The van der Waals surface area contributed by atoms with Gasteiger partial charge in [0.05, 0.1) is 5.56 Å². The van der Waals surface area contributed by atoms with Crippen LogP contribution in [0, 0.1) is 0 Å². The number of amides is 1. The van der Waals surface area contributed by atoms with Crippen molar-refractivity contribution >= 4 is 28.8 Å². The van der Waals surface area contributed by atoms with Crippen LogP contribution in [0.15, 0.2) is 84.9 Å². The molecule has 0 bridgehead atoms. The maximum Gasteiger partial charge on any atom is 0.407 e. The number of fused-ring (bicyclic) bond motifs is 4. The quantitative estimate of drug-likeness (QED) is 0.267. The van der Waals surface area contributed by atoms with Gasteiger partial charge in [-0.25, -0.2) is 14.4 Å². The zero-order valence-corrected chi connectivity index (χ0v) is 22.6. The van der Waals surface area contributed by atoms with E-state index in [1.54, 1.807) is 32.9 Å². The van der Waals surface area contributed by atoms with Crippen molar-refractivity contribution in [2.24, 2.45) is 0 Å². The summed E-state index contributed by atoms with van der Waals surface area (Å²) < 4.78 is 11.2. The summed E-state index contributed by atoms with van der Waals surface area (Å²) in [5.41, 5.74) is 4.30. The van der Waals surface area contributed by atoms with Crippen molar-refractivity contribution in [3.63, 3.8) is 0 Å². The maximum absolute atomic E-state index is 13.1. The van der Waals surface area contributed by atoms with Gasteiger partial charge in [0.25, 0.3) is 0 Å². The summed E-state index contributed by atoms with van der Waals surface area (Å²) >= 11 is 0. The number of carboxylic acid groups (broad SMARTS) is 1. The molecule has 0 heterocycles. The summed E-state index contributed by atoms with van der Waals surface area (Å²) in [6, 6.07) is 25.6. The lowest BCUT2D eigenvalue weighted by Crippen LogP contribution is -2.43. The average Bonchev–Trinajstić information content (AvgIpc) is 3.23. The highest BCUT2D eigenvalue weighted by Crippen LogP contribution is 2.44. The van der Waals surface area contributed by atoms with Crippen molar-refractivity contribution in [3.05, 3.63) is 107 Å². The summed E-state index contributed by atoms with van der Waals surface area (Å²) in [7, 11) is 0. The van der Waals surface area contributed by atoms with E-state index in [0.29, 0.717) is 5.56 Å². The molecule has 1 atom stereocenters. The maximum atomic E-state index is 13.1. The molecular formula is C33H31NO6. The fraction of sp³-hybridized carbons (Fsp3) is 0.242. The highest BCUT2D eigenvalue weighted by Gasteiger charge is 2.30. The first kappa shape index (κ1) is 26.9. The summed E-state index contributed by atoms with van der Waals surface area (Å²) in [5, 5.41) is 14.1. The van der Waals surface area contributed by atoms with Crippen LogP contribution in [0.5, 0.6) is 0 Å². The third-order valence-electron chi connectivity index (χ3n) is 6.95. The number of alkyl carbamates (subject to hydrolysis) is 1. The van der Waals surface area contributed by atoms with Crippen molar-refractivity contribution in [2.75, 3.05) is 6.61 Å². The number of benzene rings is 4. The van der Waals surface area contributed by atoms with Gasteiger partial charge in [-0.15, -0.1) is 0 Å². The predicted molar refractivity (Wildman–Crippen MR) is 152 cm³/mol. The van der Waals surface area contributed by atoms with Crippen molar-refractivity contribution in [1.29, 1.82) is 0 Å². The van der Waals surface area contributed by atoms with Crippen LogP contribution in [-0.2, 0) is 20.7 Å². The standard InChI is InChI=1S/C33H31NO6/c1-33(2,3)40-31(37)27-17-21-11-5-4-10-20(21)16-22(27)18-29(30(35)36)34-32(38)39-19-28-25-14-8-6-12-23(25)24-13-7-9-15-26(24)28/h4-17,28-29H,18-19H2,1-3H3,(H,34,38)(H,35,36)/t29-/m0/s1. The molecule has 0 aliphatic heterocycles. The molecule has 204 valence electrons. The van der Waals surface area contributed by atoms with Crippen molar-refractivity contribution in [2.45, 2.75) is 44.8 Å². The Hall–Kier alpha value is -4.65. The Morgan fingerprint density at radius 1 is 0.850 bits per heavy atom. The van der Waals surface area contributed by atoms with Gasteiger partial charge in [0.15, 0.2) is 0 Å². The molecule has 1 aliphatic carbocycles. The second-order valence-electron chi connectivity index (χ2n) is 10.9. The van der Waals surface area contributed by atoms with Gasteiger partial charge in [-0.1, -0.05) is 78.9 Å². The van der Waals surface area contributed by atoms with Gasteiger partial charge in [0, 0.05) is 12.3 Å². The van der Waals surface area contributed by atoms with Gasteiger partial charge in [0.1, 0.15) is 18.2 Å². The number of rotatable bonds is 7. The first-order valence-corrected chi connectivity index (χ1v) is 13.2. The molecule has 7 heteroatoms. The van der Waals surface area contributed by atoms with Gasteiger partial charge in [-0.2, -0.15) is 0 Å². The first-order valence-electron chi connectivity index (χ1n) is 13.2. The fourth-order valence-electron chi connectivity index (χ4n) is 5.18. The normalized spacial score (nSPS) is 13.3. The SMILES string of the molecule is CC(C)(C)OC(=O)c1cc2ccccc2cc1C[C@H](NC(=O)OCC1c2ccccc2-c2ccccc21)C(=O)O. The van der Waals surface area contributed by atoms with Crippen molar-refractivity contribution in [3.8, 4) is 11.1 Å². The van der Waals surface area contributed by atoms with Crippen LogP contribution in [0.3, 0.4) is 0 Å². The number of hydrogen-bond acceptors (Lipinski definition) is 5. The molecule has 0 saturated carbocycles. The molecule has 4 aromatic rings. The van der Waals surface area contributed by atoms with E-state index >= 15 is 0 Å². The van der Waals surface area contributed by atoms with E-state index in [1.165, 1.54) is 0 Å². The van der Waals surface area contributed by atoms with Crippen LogP contribution >= 0.6 is 0 Å². The zero-order chi connectivity index (χ0) is 28.4. The Labute approximate surface area is 232 Å². The molecule has 40 heavy (non-hydrogen) atoms. The minimum absolute atomic E-state index is 0.0608. The molecule has 4 aromatic carbocycles. The Bertz CT molecular complexity index is 1560. The summed E-state index contributed by atoms with van der Waals surface area (Å²) in [5.74, 6) is -1.95. The second-order valence-corrected chi connectivity index (χ2v) is 10.9. The molecule has 0 aromatic heterocycles. The van der Waals surface area contributed by atoms with Gasteiger partial charge in [-0.05, 0) is 65.4 Å². The summed E-state index contributed by atoms with van der Waals surface area (Å²) in [6.07, 6.45) is -0.965. The number of ether oxygens (including phenoxy) is 2. The topological polar surface area (TPSA) is 102 Å². The lowest BCUT2D eigenvalue weighted by Gasteiger charge is -2.22. The van der Waals surface area contributed by atoms with E-state index in [9.17, 15) is 19.5 Å². The van der Waals surface area contributed by atoms with E-state index in [1.807, 2.05) is 72.8 Å². The molecule has 5 rings (SSSR count). The highest BCUT2D eigenvalue weighted by atomic mass is 16.6. The van der Waals surface area contributed by atoms with Gasteiger partial charge >= 0.3 is 18.0 Å². The average molecular weight is 538 g/mol. The molecule has 1 aliphatic rings. The molecule has 1 amide bonds. The van der Waals surface area contributed by atoms with Crippen LogP contribution < -0.4 is 5.32 Å². The molecule has 0 unspecified atom stereocenters. The number of esters is 1. The number of carboxylic acids is 1. The Morgan fingerprint density at radius 2 is 1.40 bits per heavy atom. The fourth-order valence-corrected chi connectivity index (χ4v) is 5.18. The molecule has 2 N–H and O–H groups in total. The molecule has 0 fully saturated rings. The lowest BCUT2D eigenvalue weighted by atomic mass is 9.95. The molecular weight excluding hydrogens is 506 g/mol. The minimum atomic E-state index is -1.32. The van der Waals surface area contributed by atoms with E-state index in [2.05, 4.69) is 5.32 Å². The second kappa shape index (κ2) is 10.8. The minimum Gasteiger partial charge on any atom is -0.480 e. The van der Waals surface area contributed by atoms with Gasteiger partial charge in [-0.3, -0.25) is 0 Å². The number of carbonyl (C=O) groups excluding carboxylic acids is 2. The van der Waals surface area contributed by atoms with Crippen LogP contribution in [0.25, 0.3) is 21.9 Å². The van der Waals surface area contributed by atoms with Crippen LogP contribution in [0.1, 0.15) is 53.7 Å². The third-order valence-corrected chi connectivity index (χ3v) is 6.95. The number of nitrogens with one attached hydrogen (secondary N) is 1. The summed E-state index contributed by atoms with van der Waals surface area (Å²) in [6.45, 7) is 5.37. The molecule has 0 saturated heterocycles. The first-order chi connectivity index (χ1) is 19.1. The predicted octanol–water partition coefficient (Wildman–Crippen LogP) is 6.33. The highest BCUT2D eigenvalue weighted by molar-refractivity contribution is 5.98. The van der Waals surface area contributed by atoms with E-state index < -0.39 is 29.7 Å². The Balaban J connectivity index is 1.34. The smallest absolute Gasteiger partial charge is 0.407 e. The Morgan fingerprint density at radius 3 is 1.98 bits per heavy atom. The van der Waals surface area contributed by atoms with Crippen LogP contribution in [-0.4, -0.2) is 41.4 Å². The summed E-state index contributed by atoms with van der Waals surface area (Å²) in [4.78, 5) is 38.1. The molecule has 0 spiro atoms. The third kappa shape index (κ3) is 5.69. The largest absolute Gasteiger partial charge is 0.480 e. The van der Waals surface area contributed by atoms with Gasteiger partial charge in [0.2, 0.25) is 0 Å². The van der Waals surface area contributed by atoms with Crippen molar-refractivity contribution in [1.82, 2.24) is 5.32 Å². The van der Waals surface area contributed by atoms with E-state index in [0.717, 1.165) is 33.0 Å². The van der Waals surface area contributed by atoms with Crippen LogP contribution in [0.4, 0.5) is 4.79 Å². The molecule has 0 radical (unpaired) electrons. The zero-order valence-electron chi connectivity index (χ0n) is 22.6. The van der Waals surface area contributed by atoms with E-state index in [-0.39, 0.29) is 24.5 Å². The monoisotopic (exact) mass is 537 g/mol. The van der Waals surface area contributed by atoms with E-state index in [4.69, 9.17) is 9.47 Å². The lowest BCUT2D eigenvalue weighted by molar-refractivity contribution is -0.139. The number of aliphatic carboxylic acids is 1. The van der Waals surface area contributed by atoms with Gasteiger partial charge < -0.3 is 19.9 Å². The number of hydrogen-bond donors (Lipinski definition) is 2.